The van der Waals surface area contributed by atoms with E-state index in [4.69, 9.17) is 11.6 Å². The molecule has 1 saturated heterocycles. The molecule has 0 aromatic heterocycles. The average molecular weight is 253 g/mol. The Morgan fingerprint density at radius 1 is 1.53 bits per heavy atom. The number of rotatable bonds is 2. The van der Waals surface area contributed by atoms with Gasteiger partial charge >= 0.3 is 0 Å². The standard InChI is InChI=1S/C13H17ClN2O/c1-8-4-3-5-11(12(8)14)16-13(17)10-6-7-15-9(10)2/h3-5,9-10,15H,6-7H2,1-2H3,(H,16,17). The zero-order valence-electron chi connectivity index (χ0n) is 10.1. The summed E-state index contributed by atoms with van der Waals surface area (Å²) < 4.78 is 0. The molecule has 0 spiro atoms. The molecule has 0 aliphatic carbocycles. The average Bonchev–Trinajstić information content (AvgIpc) is 2.71. The minimum atomic E-state index is 0.0339. The number of carbonyl (C=O) groups is 1. The summed E-state index contributed by atoms with van der Waals surface area (Å²) in [6, 6.07) is 5.89. The highest BCUT2D eigenvalue weighted by Crippen LogP contribution is 2.26. The van der Waals surface area contributed by atoms with Gasteiger partial charge in [-0.25, -0.2) is 0 Å². The Balaban J connectivity index is 2.10. The second kappa shape index (κ2) is 5.07. The van der Waals surface area contributed by atoms with Crippen LogP contribution < -0.4 is 10.6 Å². The van der Waals surface area contributed by atoms with Gasteiger partial charge in [-0.1, -0.05) is 23.7 Å². The number of benzene rings is 1. The van der Waals surface area contributed by atoms with Crippen LogP contribution in [0.25, 0.3) is 0 Å². The fourth-order valence-corrected chi connectivity index (χ4v) is 2.36. The highest BCUT2D eigenvalue weighted by molar-refractivity contribution is 6.34. The van der Waals surface area contributed by atoms with Crippen molar-refractivity contribution in [3.8, 4) is 0 Å². The van der Waals surface area contributed by atoms with Crippen molar-refractivity contribution in [2.75, 3.05) is 11.9 Å². The molecule has 1 aromatic rings. The molecule has 1 heterocycles. The summed E-state index contributed by atoms with van der Waals surface area (Å²) in [4.78, 5) is 12.1. The lowest BCUT2D eigenvalue weighted by molar-refractivity contribution is -0.119. The maximum absolute atomic E-state index is 12.1. The van der Waals surface area contributed by atoms with Crippen LogP contribution in [0.1, 0.15) is 18.9 Å². The lowest BCUT2D eigenvalue weighted by Gasteiger charge is -2.16. The summed E-state index contributed by atoms with van der Waals surface area (Å²) in [6.45, 7) is 4.87. The van der Waals surface area contributed by atoms with E-state index in [0.717, 1.165) is 18.5 Å². The first-order chi connectivity index (χ1) is 8.09. The number of hydrogen-bond donors (Lipinski definition) is 2. The van der Waals surface area contributed by atoms with Crippen molar-refractivity contribution >= 4 is 23.2 Å². The first-order valence-corrected chi connectivity index (χ1v) is 6.26. The van der Waals surface area contributed by atoms with Gasteiger partial charge in [-0.2, -0.15) is 0 Å². The van der Waals surface area contributed by atoms with Gasteiger partial charge < -0.3 is 10.6 Å². The third-order valence-corrected chi connectivity index (χ3v) is 3.81. The van der Waals surface area contributed by atoms with Crippen molar-refractivity contribution in [1.82, 2.24) is 5.32 Å². The summed E-state index contributed by atoms with van der Waals surface area (Å²) in [5, 5.41) is 6.81. The maximum Gasteiger partial charge on any atom is 0.229 e. The topological polar surface area (TPSA) is 41.1 Å². The second-order valence-corrected chi connectivity index (χ2v) is 4.94. The van der Waals surface area contributed by atoms with E-state index in [-0.39, 0.29) is 17.9 Å². The number of carbonyl (C=O) groups excluding carboxylic acids is 1. The van der Waals surface area contributed by atoms with Gasteiger partial charge in [-0.15, -0.1) is 0 Å². The SMILES string of the molecule is Cc1cccc(NC(=O)C2CCNC2C)c1Cl. The van der Waals surface area contributed by atoms with Crippen LogP contribution in [0.2, 0.25) is 5.02 Å². The Morgan fingerprint density at radius 3 is 2.94 bits per heavy atom. The lowest BCUT2D eigenvalue weighted by Crippen LogP contribution is -2.32. The molecule has 1 amide bonds. The fraction of sp³-hybridized carbons (Fsp3) is 0.462. The monoisotopic (exact) mass is 252 g/mol. The molecular weight excluding hydrogens is 236 g/mol. The number of aryl methyl sites for hydroxylation is 1. The number of hydrogen-bond acceptors (Lipinski definition) is 2. The highest BCUT2D eigenvalue weighted by Gasteiger charge is 2.29. The molecule has 0 saturated carbocycles. The summed E-state index contributed by atoms with van der Waals surface area (Å²) in [7, 11) is 0. The first-order valence-electron chi connectivity index (χ1n) is 5.89. The summed E-state index contributed by atoms with van der Waals surface area (Å²) in [6.07, 6.45) is 0.885. The Labute approximate surface area is 107 Å². The summed E-state index contributed by atoms with van der Waals surface area (Å²) in [5.74, 6) is 0.0848. The van der Waals surface area contributed by atoms with E-state index < -0.39 is 0 Å². The summed E-state index contributed by atoms with van der Waals surface area (Å²) >= 11 is 6.15. The van der Waals surface area contributed by atoms with Crippen LogP contribution in [0.3, 0.4) is 0 Å². The van der Waals surface area contributed by atoms with Gasteiger partial charge in [0.15, 0.2) is 0 Å². The normalized spacial score (nSPS) is 23.7. The van der Waals surface area contributed by atoms with E-state index in [9.17, 15) is 4.79 Å². The molecule has 3 nitrogen and oxygen atoms in total. The molecule has 4 heteroatoms. The van der Waals surface area contributed by atoms with Crippen LogP contribution in [0.5, 0.6) is 0 Å². The molecule has 1 aliphatic heterocycles. The minimum absolute atomic E-state index is 0.0339. The summed E-state index contributed by atoms with van der Waals surface area (Å²) in [5.41, 5.74) is 1.68. The van der Waals surface area contributed by atoms with Gasteiger partial charge in [0.1, 0.15) is 0 Å². The smallest absolute Gasteiger partial charge is 0.229 e. The first kappa shape index (κ1) is 12.4. The predicted molar refractivity (Wildman–Crippen MR) is 70.4 cm³/mol. The Bertz CT molecular complexity index is 433. The van der Waals surface area contributed by atoms with E-state index in [1.165, 1.54) is 0 Å². The van der Waals surface area contributed by atoms with Gasteiger partial charge in [0.05, 0.1) is 16.6 Å². The Morgan fingerprint density at radius 2 is 2.29 bits per heavy atom. The third-order valence-electron chi connectivity index (χ3n) is 3.31. The Hall–Kier alpha value is -1.06. The predicted octanol–water partition coefficient (Wildman–Crippen LogP) is 2.58. The van der Waals surface area contributed by atoms with E-state index >= 15 is 0 Å². The van der Waals surface area contributed by atoms with Gasteiger partial charge in [0, 0.05) is 6.04 Å². The molecule has 1 aliphatic rings. The second-order valence-electron chi connectivity index (χ2n) is 4.56. The largest absolute Gasteiger partial charge is 0.324 e. The molecule has 2 N–H and O–H groups in total. The molecule has 1 aromatic carbocycles. The molecule has 92 valence electrons. The van der Waals surface area contributed by atoms with Crippen molar-refractivity contribution in [2.24, 2.45) is 5.92 Å². The molecule has 0 radical (unpaired) electrons. The quantitative estimate of drug-likeness (QED) is 0.850. The van der Waals surface area contributed by atoms with Crippen LogP contribution in [-0.4, -0.2) is 18.5 Å². The highest BCUT2D eigenvalue weighted by atomic mass is 35.5. The zero-order chi connectivity index (χ0) is 12.4. The van der Waals surface area contributed by atoms with Crippen molar-refractivity contribution in [2.45, 2.75) is 26.3 Å². The van der Waals surface area contributed by atoms with Gasteiger partial charge in [0.25, 0.3) is 0 Å². The number of nitrogens with one attached hydrogen (secondary N) is 2. The van der Waals surface area contributed by atoms with Crippen LogP contribution in [0.15, 0.2) is 18.2 Å². The van der Waals surface area contributed by atoms with E-state index in [1.807, 2.05) is 32.0 Å². The number of amides is 1. The number of anilines is 1. The van der Waals surface area contributed by atoms with Gasteiger partial charge in [0.2, 0.25) is 5.91 Å². The van der Waals surface area contributed by atoms with E-state index in [1.54, 1.807) is 0 Å². The van der Waals surface area contributed by atoms with Crippen molar-refractivity contribution in [3.05, 3.63) is 28.8 Å². The fourth-order valence-electron chi connectivity index (χ4n) is 2.19. The minimum Gasteiger partial charge on any atom is -0.324 e. The van der Waals surface area contributed by atoms with Crippen LogP contribution in [-0.2, 0) is 4.79 Å². The van der Waals surface area contributed by atoms with Crippen molar-refractivity contribution in [1.29, 1.82) is 0 Å². The van der Waals surface area contributed by atoms with Crippen molar-refractivity contribution < 1.29 is 4.79 Å². The molecule has 2 atom stereocenters. The lowest BCUT2D eigenvalue weighted by atomic mass is 10.0. The number of halogens is 1. The molecule has 17 heavy (non-hydrogen) atoms. The van der Waals surface area contributed by atoms with E-state index in [2.05, 4.69) is 10.6 Å². The molecule has 2 unspecified atom stereocenters. The molecule has 2 rings (SSSR count). The molecule has 1 fully saturated rings. The van der Waals surface area contributed by atoms with Gasteiger partial charge in [-0.3, -0.25) is 4.79 Å². The molecule has 0 bridgehead atoms. The third kappa shape index (κ3) is 2.61. The van der Waals surface area contributed by atoms with Crippen LogP contribution >= 0.6 is 11.6 Å². The zero-order valence-corrected chi connectivity index (χ0v) is 10.8. The van der Waals surface area contributed by atoms with Crippen LogP contribution in [0.4, 0.5) is 5.69 Å². The van der Waals surface area contributed by atoms with Crippen LogP contribution in [0, 0.1) is 12.8 Å². The van der Waals surface area contributed by atoms with Crippen molar-refractivity contribution in [3.63, 3.8) is 0 Å². The molecular formula is C13H17ClN2O. The Kier molecular flexibility index (Phi) is 3.69. The van der Waals surface area contributed by atoms with Gasteiger partial charge in [-0.05, 0) is 38.4 Å². The maximum atomic E-state index is 12.1. The van der Waals surface area contributed by atoms with E-state index in [0.29, 0.717) is 10.7 Å².